The minimum atomic E-state index is -0.809. The van der Waals surface area contributed by atoms with Gasteiger partial charge >= 0.3 is 6.03 Å². The van der Waals surface area contributed by atoms with E-state index in [2.05, 4.69) is 26.0 Å². The van der Waals surface area contributed by atoms with E-state index in [1.54, 1.807) is 23.2 Å². The average molecular weight is 541 g/mol. The number of halogens is 1. The molecule has 1 saturated carbocycles. The summed E-state index contributed by atoms with van der Waals surface area (Å²) in [5.74, 6) is 0.223. The van der Waals surface area contributed by atoms with Crippen molar-refractivity contribution in [2.24, 2.45) is 11.3 Å². The molecule has 1 aromatic carbocycles. The summed E-state index contributed by atoms with van der Waals surface area (Å²) in [4.78, 5) is 41.7. The van der Waals surface area contributed by atoms with E-state index < -0.39 is 12.1 Å². The average Bonchev–Trinajstić information content (AvgIpc) is 3.48. The van der Waals surface area contributed by atoms with Gasteiger partial charge in [-0.25, -0.2) is 9.18 Å². The lowest BCUT2D eigenvalue weighted by Gasteiger charge is -2.47. The van der Waals surface area contributed by atoms with Crippen LogP contribution in [0, 0.1) is 17.2 Å². The Kier molecular flexibility index (Phi) is 10.1. The highest BCUT2D eigenvalue weighted by molar-refractivity contribution is 5.88. The summed E-state index contributed by atoms with van der Waals surface area (Å²) in [5.41, 5.74) is 1.14. The zero-order chi connectivity index (χ0) is 27.7. The Morgan fingerprint density at radius 2 is 1.85 bits per heavy atom. The smallest absolute Gasteiger partial charge is 0.315 e. The van der Waals surface area contributed by atoms with Crippen molar-refractivity contribution in [1.82, 2.24) is 30.9 Å². The van der Waals surface area contributed by atoms with Crippen LogP contribution in [0.5, 0.6) is 0 Å². The van der Waals surface area contributed by atoms with Crippen LogP contribution in [-0.2, 0) is 22.4 Å². The molecule has 10 heteroatoms. The van der Waals surface area contributed by atoms with Gasteiger partial charge in [0.25, 0.3) is 0 Å². The molecule has 9 nitrogen and oxygen atoms in total. The summed E-state index contributed by atoms with van der Waals surface area (Å²) >= 11 is 0. The molecule has 2 heterocycles. The normalized spacial score (nSPS) is 18.4. The first kappa shape index (κ1) is 28.7. The van der Waals surface area contributed by atoms with Gasteiger partial charge in [0.1, 0.15) is 17.6 Å². The number of hydrogen-bond acceptors (Lipinski definition) is 5. The van der Waals surface area contributed by atoms with Crippen LogP contribution in [0.15, 0.2) is 30.5 Å². The molecule has 2 fully saturated rings. The molecule has 0 spiro atoms. The third-order valence-corrected chi connectivity index (χ3v) is 8.47. The van der Waals surface area contributed by atoms with Gasteiger partial charge in [-0.2, -0.15) is 15.4 Å². The summed E-state index contributed by atoms with van der Waals surface area (Å²) < 4.78 is 13.5. The quantitative estimate of drug-likeness (QED) is 0.399. The lowest BCUT2D eigenvalue weighted by molar-refractivity contribution is -0.144. The Bertz CT molecular complexity index is 1080. The van der Waals surface area contributed by atoms with E-state index in [9.17, 15) is 18.8 Å². The highest BCUT2D eigenvalue weighted by Crippen LogP contribution is 2.47. The van der Waals surface area contributed by atoms with Gasteiger partial charge in [0.15, 0.2) is 0 Å². The number of carbonyl (C=O) groups excluding carboxylic acids is 3. The van der Waals surface area contributed by atoms with Crippen molar-refractivity contribution in [3.63, 3.8) is 0 Å². The number of urea groups is 1. The van der Waals surface area contributed by atoms with Crippen LogP contribution in [0.1, 0.15) is 76.0 Å². The predicted molar refractivity (Wildman–Crippen MR) is 145 cm³/mol. The van der Waals surface area contributed by atoms with Crippen LogP contribution in [-0.4, -0.2) is 63.7 Å². The monoisotopic (exact) mass is 540 g/mol. The molecule has 4 rings (SSSR count). The van der Waals surface area contributed by atoms with E-state index in [0.29, 0.717) is 57.0 Å². The van der Waals surface area contributed by atoms with Crippen molar-refractivity contribution in [3.8, 4) is 0 Å². The lowest BCUT2D eigenvalue weighted by Crippen LogP contribution is -2.56. The zero-order valence-electron chi connectivity index (χ0n) is 22.9. The predicted octanol–water partition coefficient (Wildman–Crippen LogP) is 3.96. The fourth-order valence-corrected chi connectivity index (χ4v) is 6.31. The Morgan fingerprint density at radius 1 is 1.13 bits per heavy atom. The fraction of sp³-hybridized carbons (Fsp3) is 0.621. The van der Waals surface area contributed by atoms with E-state index >= 15 is 0 Å². The standard InChI is InChI=1S/C29H41FN6O3/c1-2-6-26(37)29(22-7-4-3-5-8-22)14-17-36(18-15-29)27(38)25(19-21-9-11-23(30)12-10-21)33-28(39)31-16-13-24-20-32-35-34-24/h9-12,20,22,25H,2-8,13-19H2,1H3,(H2,31,33,39)(H,32,34,35)/t25-/m1/s1. The van der Waals surface area contributed by atoms with Crippen LogP contribution in [0.4, 0.5) is 9.18 Å². The molecular weight excluding hydrogens is 499 g/mol. The first-order chi connectivity index (χ1) is 18.9. The number of Topliss-reactive ketones (excluding diaryl/α,β-unsaturated/α-hetero) is 1. The summed E-state index contributed by atoms with van der Waals surface area (Å²) in [6.45, 7) is 3.39. The second kappa shape index (κ2) is 13.7. The van der Waals surface area contributed by atoms with E-state index in [-0.39, 0.29) is 23.6 Å². The lowest BCUT2D eigenvalue weighted by atomic mass is 9.61. The molecule has 1 aromatic heterocycles. The first-order valence-corrected chi connectivity index (χ1v) is 14.4. The molecule has 1 saturated heterocycles. The number of ketones is 1. The zero-order valence-corrected chi connectivity index (χ0v) is 22.9. The molecule has 39 heavy (non-hydrogen) atoms. The van der Waals surface area contributed by atoms with Crippen molar-refractivity contribution in [3.05, 3.63) is 47.5 Å². The molecule has 3 amide bonds. The summed E-state index contributed by atoms with van der Waals surface area (Å²) in [6, 6.07) is 4.71. The maximum atomic E-state index is 13.8. The van der Waals surface area contributed by atoms with Crippen molar-refractivity contribution >= 4 is 17.7 Å². The number of amides is 3. The fourth-order valence-electron chi connectivity index (χ4n) is 6.31. The van der Waals surface area contributed by atoms with E-state index in [1.165, 1.54) is 31.4 Å². The van der Waals surface area contributed by atoms with Crippen LogP contribution < -0.4 is 10.6 Å². The Labute approximate surface area is 229 Å². The minimum absolute atomic E-state index is 0.175. The van der Waals surface area contributed by atoms with Crippen molar-refractivity contribution in [2.75, 3.05) is 19.6 Å². The molecular formula is C29H41FN6O3. The Hall–Kier alpha value is -3.30. The molecule has 212 valence electrons. The number of rotatable bonds is 11. The van der Waals surface area contributed by atoms with Gasteiger partial charge in [-0.1, -0.05) is 38.3 Å². The molecule has 1 atom stereocenters. The van der Waals surface area contributed by atoms with Gasteiger partial charge in [0.2, 0.25) is 5.91 Å². The van der Waals surface area contributed by atoms with E-state index in [1.807, 2.05) is 6.92 Å². The maximum absolute atomic E-state index is 13.8. The molecule has 2 aromatic rings. The molecule has 0 radical (unpaired) electrons. The van der Waals surface area contributed by atoms with Gasteiger partial charge in [0.05, 0.1) is 11.9 Å². The second-order valence-electron chi connectivity index (χ2n) is 11.0. The number of piperidine rings is 1. The molecule has 0 bridgehead atoms. The highest BCUT2D eigenvalue weighted by atomic mass is 19.1. The molecule has 0 unspecified atom stereocenters. The van der Waals surface area contributed by atoms with Gasteiger partial charge < -0.3 is 15.5 Å². The molecule has 1 aliphatic heterocycles. The number of hydrogen-bond donors (Lipinski definition) is 3. The maximum Gasteiger partial charge on any atom is 0.315 e. The number of H-pyrrole nitrogens is 1. The number of carbonyl (C=O) groups is 3. The number of nitrogens with one attached hydrogen (secondary N) is 3. The second-order valence-corrected chi connectivity index (χ2v) is 11.0. The number of aromatic amines is 1. The first-order valence-electron chi connectivity index (χ1n) is 14.4. The minimum Gasteiger partial charge on any atom is -0.341 e. The molecule has 3 N–H and O–H groups in total. The van der Waals surface area contributed by atoms with Crippen molar-refractivity contribution < 1.29 is 18.8 Å². The number of likely N-dealkylation sites (tertiary alicyclic amines) is 1. The van der Waals surface area contributed by atoms with Crippen molar-refractivity contribution in [2.45, 2.75) is 83.6 Å². The molecule has 2 aliphatic rings. The van der Waals surface area contributed by atoms with E-state index in [4.69, 9.17) is 0 Å². The van der Waals surface area contributed by atoms with Gasteiger partial charge in [-0.3, -0.25) is 9.59 Å². The topological polar surface area (TPSA) is 120 Å². The Morgan fingerprint density at radius 3 is 2.49 bits per heavy atom. The van der Waals surface area contributed by atoms with Gasteiger partial charge in [-0.05, 0) is 55.7 Å². The van der Waals surface area contributed by atoms with Crippen LogP contribution >= 0.6 is 0 Å². The van der Waals surface area contributed by atoms with Gasteiger partial charge in [0, 0.05) is 44.3 Å². The summed E-state index contributed by atoms with van der Waals surface area (Å²) in [5, 5.41) is 15.9. The number of nitrogens with zero attached hydrogens (tertiary/aromatic N) is 3. The third-order valence-electron chi connectivity index (χ3n) is 8.47. The van der Waals surface area contributed by atoms with Crippen molar-refractivity contribution in [1.29, 1.82) is 0 Å². The van der Waals surface area contributed by atoms with Gasteiger partial charge in [-0.15, -0.1) is 0 Å². The van der Waals surface area contributed by atoms with E-state index in [0.717, 1.165) is 30.5 Å². The SMILES string of the molecule is CCCC(=O)C1(C2CCCCC2)CCN(C(=O)[C@@H](Cc2ccc(F)cc2)NC(=O)NCCc2cn[nH]n2)CC1. The third kappa shape index (κ3) is 7.42. The highest BCUT2D eigenvalue weighted by Gasteiger charge is 2.47. The Balaban J connectivity index is 1.42. The number of aromatic nitrogens is 3. The molecule has 1 aliphatic carbocycles. The van der Waals surface area contributed by atoms with Crippen LogP contribution in [0.2, 0.25) is 0 Å². The largest absolute Gasteiger partial charge is 0.341 e. The number of benzene rings is 1. The summed E-state index contributed by atoms with van der Waals surface area (Å²) in [7, 11) is 0. The van der Waals surface area contributed by atoms with Crippen LogP contribution in [0.25, 0.3) is 0 Å². The van der Waals surface area contributed by atoms with Crippen LogP contribution in [0.3, 0.4) is 0 Å². The summed E-state index contributed by atoms with van der Waals surface area (Å²) in [6.07, 6.45) is 10.9.